The van der Waals surface area contributed by atoms with Crippen LogP contribution >= 0.6 is 0 Å². The van der Waals surface area contributed by atoms with E-state index in [1.807, 2.05) is 0 Å². The molecule has 2 saturated carbocycles. The molecule has 0 bridgehead atoms. The lowest BCUT2D eigenvalue weighted by atomic mass is 9.91. The summed E-state index contributed by atoms with van der Waals surface area (Å²) in [4.78, 5) is 0. The van der Waals surface area contributed by atoms with Gasteiger partial charge in [0.15, 0.2) is 0 Å². The SMILES string of the molecule is FC(F)(F)COCC(CNC1CC1)C1CCCC1. The Bertz CT molecular complexity index is 247. The molecule has 0 aliphatic heterocycles. The van der Waals surface area contributed by atoms with Crippen molar-refractivity contribution >= 4 is 0 Å². The van der Waals surface area contributed by atoms with Crippen molar-refractivity contribution in [2.45, 2.75) is 50.7 Å². The molecule has 0 aromatic rings. The van der Waals surface area contributed by atoms with Crippen LogP contribution in [0.4, 0.5) is 13.2 Å². The van der Waals surface area contributed by atoms with E-state index in [9.17, 15) is 13.2 Å². The van der Waals surface area contributed by atoms with E-state index in [-0.39, 0.29) is 12.5 Å². The van der Waals surface area contributed by atoms with Crippen LogP contribution in [0.3, 0.4) is 0 Å². The second kappa shape index (κ2) is 6.24. The van der Waals surface area contributed by atoms with E-state index in [0.717, 1.165) is 19.4 Å². The quantitative estimate of drug-likeness (QED) is 0.763. The summed E-state index contributed by atoms with van der Waals surface area (Å²) < 4.78 is 41.1. The molecule has 0 saturated heterocycles. The van der Waals surface area contributed by atoms with E-state index < -0.39 is 12.8 Å². The highest BCUT2D eigenvalue weighted by atomic mass is 19.4. The fourth-order valence-corrected chi connectivity index (χ4v) is 2.72. The van der Waals surface area contributed by atoms with Crippen molar-refractivity contribution in [1.82, 2.24) is 5.32 Å². The van der Waals surface area contributed by atoms with Crippen molar-refractivity contribution in [2.75, 3.05) is 19.8 Å². The second-order valence-electron chi connectivity index (χ2n) is 5.62. The van der Waals surface area contributed by atoms with Gasteiger partial charge in [-0.3, -0.25) is 0 Å². The maximum Gasteiger partial charge on any atom is 0.411 e. The zero-order valence-electron chi connectivity index (χ0n) is 10.6. The third-order valence-electron chi connectivity index (χ3n) is 3.91. The van der Waals surface area contributed by atoms with Crippen molar-refractivity contribution < 1.29 is 17.9 Å². The molecule has 0 amide bonds. The van der Waals surface area contributed by atoms with Crippen molar-refractivity contribution in [3.8, 4) is 0 Å². The summed E-state index contributed by atoms with van der Waals surface area (Å²) in [6.45, 7) is -0.0588. The van der Waals surface area contributed by atoms with Gasteiger partial charge >= 0.3 is 6.18 Å². The van der Waals surface area contributed by atoms with Gasteiger partial charge in [0.2, 0.25) is 0 Å². The van der Waals surface area contributed by atoms with Crippen LogP contribution in [-0.2, 0) is 4.74 Å². The molecule has 1 N–H and O–H groups in total. The average Bonchev–Trinajstić information content (AvgIpc) is 2.94. The van der Waals surface area contributed by atoms with E-state index in [1.54, 1.807) is 0 Å². The molecule has 2 aliphatic carbocycles. The molecule has 0 aromatic carbocycles. The van der Waals surface area contributed by atoms with E-state index in [0.29, 0.717) is 12.0 Å². The summed E-state index contributed by atoms with van der Waals surface area (Å²) in [5, 5.41) is 3.42. The number of hydrogen-bond acceptors (Lipinski definition) is 2. The minimum Gasteiger partial charge on any atom is -0.372 e. The molecular weight excluding hydrogens is 243 g/mol. The zero-order chi connectivity index (χ0) is 13.0. The first-order valence-corrected chi connectivity index (χ1v) is 6.92. The molecule has 106 valence electrons. The molecule has 0 spiro atoms. The van der Waals surface area contributed by atoms with Gasteiger partial charge in [0.25, 0.3) is 0 Å². The molecule has 2 fully saturated rings. The van der Waals surface area contributed by atoms with Crippen LogP contribution in [0.2, 0.25) is 0 Å². The van der Waals surface area contributed by atoms with E-state index in [1.165, 1.54) is 25.7 Å². The lowest BCUT2D eigenvalue weighted by Gasteiger charge is -2.24. The summed E-state index contributed by atoms with van der Waals surface area (Å²) in [6.07, 6.45) is 2.93. The van der Waals surface area contributed by atoms with E-state index >= 15 is 0 Å². The Kier molecular flexibility index (Phi) is 4.90. The Labute approximate surface area is 106 Å². The van der Waals surface area contributed by atoms with E-state index in [2.05, 4.69) is 5.32 Å². The average molecular weight is 265 g/mol. The molecule has 1 unspecified atom stereocenters. The Morgan fingerprint density at radius 3 is 2.33 bits per heavy atom. The number of rotatable bonds is 7. The number of halogens is 3. The van der Waals surface area contributed by atoms with Gasteiger partial charge in [0.1, 0.15) is 6.61 Å². The van der Waals surface area contributed by atoms with Gasteiger partial charge in [-0.1, -0.05) is 25.7 Å². The summed E-state index contributed by atoms with van der Waals surface area (Å²) in [7, 11) is 0. The van der Waals surface area contributed by atoms with Crippen molar-refractivity contribution in [3.63, 3.8) is 0 Å². The van der Waals surface area contributed by atoms with Gasteiger partial charge in [0.05, 0.1) is 6.61 Å². The first-order chi connectivity index (χ1) is 8.54. The Balaban J connectivity index is 1.71. The molecule has 2 rings (SSSR count). The monoisotopic (exact) mass is 265 g/mol. The third kappa shape index (κ3) is 5.14. The molecule has 18 heavy (non-hydrogen) atoms. The van der Waals surface area contributed by atoms with Gasteiger partial charge < -0.3 is 10.1 Å². The molecule has 0 radical (unpaired) electrons. The minimum atomic E-state index is -4.20. The molecule has 2 nitrogen and oxygen atoms in total. The van der Waals surface area contributed by atoms with Gasteiger partial charge in [-0.2, -0.15) is 13.2 Å². The second-order valence-corrected chi connectivity index (χ2v) is 5.62. The topological polar surface area (TPSA) is 21.3 Å². The van der Waals surface area contributed by atoms with Crippen LogP contribution < -0.4 is 5.32 Å². The lowest BCUT2D eigenvalue weighted by molar-refractivity contribution is -0.177. The predicted octanol–water partition coefficient (Wildman–Crippen LogP) is 3.12. The Morgan fingerprint density at radius 1 is 1.11 bits per heavy atom. The van der Waals surface area contributed by atoms with Gasteiger partial charge in [-0.15, -0.1) is 0 Å². The van der Waals surface area contributed by atoms with Crippen molar-refractivity contribution in [2.24, 2.45) is 11.8 Å². The Hall–Kier alpha value is -0.290. The van der Waals surface area contributed by atoms with Crippen LogP contribution in [0.5, 0.6) is 0 Å². The largest absolute Gasteiger partial charge is 0.411 e. The third-order valence-corrected chi connectivity index (χ3v) is 3.91. The normalized spacial score (nSPS) is 23.5. The van der Waals surface area contributed by atoms with E-state index in [4.69, 9.17) is 4.74 Å². The highest BCUT2D eigenvalue weighted by Gasteiger charge is 2.31. The predicted molar refractivity (Wildman–Crippen MR) is 63.3 cm³/mol. The summed E-state index contributed by atoms with van der Waals surface area (Å²) >= 11 is 0. The van der Waals surface area contributed by atoms with Crippen LogP contribution in [0.15, 0.2) is 0 Å². The smallest absolute Gasteiger partial charge is 0.372 e. The molecule has 0 aromatic heterocycles. The molecular formula is C13H22F3NO. The van der Waals surface area contributed by atoms with Gasteiger partial charge in [-0.05, 0) is 24.7 Å². The first kappa shape index (κ1) is 14.1. The van der Waals surface area contributed by atoms with Gasteiger partial charge in [-0.25, -0.2) is 0 Å². The zero-order valence-corrected chi connectivity index (χ0v) is 10.6. The van der Waals surface area contributed by atoms with Gasteiger partial charge in [0, 0.05) is 12.6 Å². The summed E-state index contributed by atoms with van der Waals surface area (Å²) in [5.41, 5.74) is 0. The van der Waals surface area contributed by atoms with Crippen molar-refractivity contribution in [1.29, 1.82) is 0 Å². The number of alkyl halides is 3. The van der Waals surface area contributed by atoms with Crippen LogP contribution in [0, 0.1) is 11.8 Å². The standard InChI is InChI=1S/C13H22F3NO/c14-13(15,16)9-18-8-11(7-17-12-5-6-12)10-3-1-2-4-10/h10-12,17H,1-9H2. The number of nitrogens with one attached hydrogen (secondary N) is 1. The molecule has 1 atom stereocenters. The van der Waals surface area contributed by atoms with Crippen LogP contribution in [0.1, 0.15) is 38.5 Å². The molecule has 0 heterocycles. The maximum absolute atomic E-state index is 12.1. The van der Waals surface area contributed by atoms with Crippen LogP contribution in [0.25, 0.3) is 0 Å². The van der Waals surface area contributed by atoms with Crippen LogP contribution in [-0.4, -0.2) is 32.0 Å². The summed E-state index contributed by atoms with van der Waals surface area (Å²) in [6, 6.07) is 0.608. The summed E-state index contributed by atoms with van der Waals surface area (Å²) in [5.74, 6) is 0.792. The molecule has 2 aliphatic rings. The fraction of sp³-hybridized carbons (Fsp3) is 1.00. The maximum atomic E-state index is 12.1. The highest BCUT2D eigenvalue weighted by Crippen LogP contribution is 2.32. The number of hydrogen-bond donors (Lipinski definition) is 1. The van der Waals surface area contributed by atoms with Crippen molar-refractivity contribution in [3.05, 3.63) is 0 Å². The number of ether oxygens (including phenoxy) is 1. The lowest BCUT2D eigenvalue weighted by Crippen LogP contribution is -2.33. The Morgan fingerprint density at radius 2 is 1.78 bits per heavy atom. The fourth-order valence-electron chi connectivity index (χ4n) is 2.72. The minimum absolute atomic E-state index is 0.240. The molecule has 5 heteroatoms. The highest BCUT2D eigenvalue weighted by molar-refractivity contribution is 4.84. The first-order valence-electron chi connectivity index (χ1n) is 6.92.